The number of halogens is 1. The summed E-state index contributed by atoms with van der Waals surface area (Å²) in [5.74, 6) is -0.178. The van der Waals surface area contributed by atoms with Crippen molar-refractivity contribution in [1.29, 1.82) is 0 Å². The third-order valence-corrected chi connectivity index (χ3v) is 3.01. The van der Waals surface area contributed by atoms with Crippen LogP contribution in [0, 0.1) is 5.92 Å². The molecule has 0 bridgehead atoms. The highest BCUT2D eigenvalue weighted by atomic mass is 35.5. The van der Waals surface area contributed by atoms with Gasteiger partial charge < -0.3 is 11.1 Å². The van der Waals surface area contributed by atoms with E-state index >= 15 is 0 Å². The summed E-state index contributed by atoms with van der Waals surface area (Å²) in [5.41, 5.74) is 6.50. The molecule has 3 N–H and O–H groups in total. The maximum absolute atomic E-state index is 11.8. The third kappa shape index (κ3) is 4.02. The van der Waals surface area contributed by atoms with E-state index in [9.17, 15) is 4.79 Å². The number of benzene rings is 1. The average molecular weight is 255 g/mol. The van der Waals surface area contributed by atoms with Gasteiger partial charge in [0, 0.05) is 17.5 Å². The van der Waals surface area contributed by atoms with E-state index in [-0.39, 0.29) is 17.9 Å². The third-order valence-electron chi connectivity index (χ3n) is 2.78. The second-order valence-corrected chi connectivity index (χ2v) is 4.60. The zero-order valence-electron chi connectivity index (χ0n) is 10.2. The number of hydrogen-bond acceptors (Lipinski definition) is 2. The Kier molecular flexibility index (Phi) is 5.45. The first kappa shape index (κ1) is 14.0. The van der Waals surface area contributed by atoms with Gasteiger partial charge in [-0.2, -0.15) is 0 Å². The zero-order valence-corrected chi connectivity index (χ0v) is 11.0. The van der Waals surface area contributed by atoms with Crippen molar-refractivity contribution in [3.63, 3.8) is 0 Å². The van der Waals surface area contributed by atoms with Crippen LogP contribution >= 0.6 is 11.6 Å². The van der Waals surface area contributed by atoms with Gasteiger partial charge in [-0.1, -0.05) is 37.6 Å². The molecule has 0 radical (unpaired) electrons. The van der Waals surface area contributed by atoms with Gasteiger partial charge in [0.2, 0.25) is 5.91 Å². The van der Waals surface area contributed by atoms with E-state index in [2.05, 4.69) is 5.32 Å². The monoisotopic (exact) mass is 254 g/mol. The summed E-state index contributed by atoms with van der Waals surface area (Å²) in [6.45, 7) is 4.21. The van der Waals surface area contributed by atoms with Crippen LogP contribution in [0.25, 0.3) is 0 Å². The van der Waals surface area contributed by atoms with Crippen LogP contribution in [-0.4, -0.2) is 12.5 Å². The van der Waals surface area contributed by atoms with Crippen LogP contribution in [0.2, 0.25) is 5.02 Å². The number of nitrogens with two attached hydrogens (primary N) is 1. The first-order valence-corrected chi connectivity index (χ1v) is 6.22. The fraction of sp³-hybridized carbons (Fsp3) is 0.462. The Balaban J connectivity index is 2.75. The number of hydrogen-bond donors (Lipinski definition) is 2. The molecule has 0 saturated carbocycles. The van der Waals surface area contributed by atoms with Gasteiger partial charge in [-0.25, -0.2) is 0 Å². The lowest BCUT2D eigenvalue weighted by Crippen LogP contribution is -2.35. The lowest BCUT2D eigenvalue weighted by atomic mass is 10.0. The van der Waals surface area contributed by atoms with E-state index < -0.39 is 0 Å². The lowest BCUT2D eigenvalue weighted by molar-refractivity contribution is -0.125. The molecular weight excluding hydrogens is 236 g/mol. The molecule has 0 spiro atoms. The van der Waals surface area contributed by atoms with Gasteiger partial charge >= 0.3 is 0 Å². The van der Waals surface area contributed by atoms with E-state index in [1.807, 2.05) is 38.1 Å². The molecule has 0 heterocycles. The van der Waals surface area contributed by atoms with Gasteiger partial charge in [0.05, 0.1) is 6.04 Å². The molecule has 0 aliphatic carbocycles. The Morgan fingerprint density at radius 1 is 1.53 bits per heavy atom. The van der Waals surface area contributed by atoms with Crippen molar-refractivity contribution >= 4 is 17.5 Å². The number of carbonyl (C=O) groups excluding carboxylic acids is 1. The molecule has 4 heteroatoms. The second kappa shape index (κ2) is 6.62. The van der Waals surface area contributed by atoms with Crippen molar-refractivity contribution in [2.24, 2.45) is 11.7 Å². The quantitative estimate of drug-likeness (QED) is 0.848. The van der Waals surface area contributed by atoms with Crippen molar-refractivity contribution < 1.29 is 4.79 Å². The minimum absolute atomic E-state index is 0.00444. The number of amides is 1. The normalized spacial score (nSPS) is 14.1. The molecule has 0 aliphatic heterocycles. The molecule has 1 aromatic rings. The second-order valence-electron chi connectivity index (χ2n) is 4.16. The van der Waals surface area contributed by atoms with Crippen LogP contribution in [0.5, 0.6) is 0 Å². The Labute approximate surface area is 107 Å². The Morgan fingerprint density at radius 3 is 2.76 bits per heavy atom. The molecule has 2 atom stereocenters. The molecule has 0 aromatic heterocycles. The minimum atomic E-state index is -0.164. The molecule has 2 unspecified atom stereocenters. The predicted octanol–water partition coefficient (Wildman–Crippen LogP) is 2.50. The van der Waals surface area contributed by atoms with Crippen molar-refractivity contribution in [1.82, 2.24) is 5.32 Å². The largest absolute Gasteiger partial charge is 0.349 e. The molecule has 94 valence electrons. The first-order chi connectivity index (χ1) is 8.08. The van der Waals surface area contributed by atoms with Crippen LogP contribution in [0.3, 0.4) is 0 Å². The van der Waals surface area contributed by atoms with Gasteiger partial charge in [0.15, 0.2) is 0 Å². The van der Waals surface area contributed by atoms with Gasteiger partial charge in [0.1, 0.15) is 0 Å². The highest BCUT2D eigenvalue weighted by Crippen LogP contribution is 2.20. The van der Waals surface area contributed by atoms with Gasteiger partial charge in [0.25, 0.3) is 0 Å². The van der Waals surface area contributed by atoms with E-state index in [1.165, 1.54) is 0 Å². The predicted molar refractivity (Wildman–Crippen MR) is 70.8 cm³/mol. The summed E-state index contributed by atoms with van der Waals surface area (Å²) < 4.78 is 0. The van der Waals surface area contributed by atoms with E-state index in [1.54, 1.807) is 0 Å². The van der Waals surface area contributed by atoms with Gasteiger partial charge in [-0.3, -0.25) is 4.79 Å². The highest BCUT2D eigenvalue weighted by molar-refractivity contribution is 6.30. The van der Waals surface area contributed by atoms with Crippen LogP contribution in [0.4, 0.5) is 0 Å². The Bertz CT molecular complexity index is 381. The van der Waals surface area contributed by atoms with Crippen molar-refractivity contribution in [3.05, 3.63) is 34.9 Å². The van der Waals surface area contributed by atoms with Crippen molar-refractivity contribution in [3.8, 4) is 0 Å². The summed E-state index contributed by atoms with van der Waals surface area (Å²) >= 11 is 5.94. The molecule has 0 fully saturated rings. The van der Waals surface area contributed by atoms with Crippen LogP contribution in [0.15, 0.2) is 24.3 Å². The number of rotatable bonds is 5. The first-order valence-electron chi connectivity index (χ1n) is 5.84. The van der Waals surface area contributed by atoms with Crippen molar-refractivity contribution in [2.75, 3.05) is 6.54 Å². The average Bonchev–Trinajstić information content (AvgIpc) is 2.34. The maximum atomic E-state index is 11.8. The standard InChI is InChI=1S/C13H19ClN2O/c1-3-12(16-13(17)9(2)8-15)10-5-4-6-11(14)7-10/h4-7,9,12H,3,8,15H2,1-2H3,(H,16,17). The summed E-state index contributed by atoms with van der Waals surface area (Å²) in [6.07, 6.45) is 0.823. The molecule has 0 aliphatic rings. The highest BCUT2D eigenvalue weighted by Gasteiger charge is 2.16. The summed E-state index contributed by atoms with van der Waals surface area (Å²) in [4.78, 5) is 11.8. The van der Waals surface area contributed by atoms with Crippen molar-refractivity contribution in [2.45, 2.75) is 26.3 Å². The molecule has 1 rings (SSSR count). The maximum Gasteiger partial charge on any atom is 0.224 e. The zero-order chi connectivity index (χ0) is 12.8. The van der Waals surface area contributed by atoms with Crippen LogP contribution < -0.4 is 11.1 Å². The number of nitrogens with one attached hydrogen (secondary N) is 1. The van der Waals surface area contributed by atoms with Gasteiger partial charge in [-0.05, 0) is 24.1 Å². The van der Waals surface area contributed by atoms with Crippen LogP contribution in [0.1, 0.15) is 31.9 Å². The fourth-order valence-corrected chi connectivity index (χ4v) is 1.76. The summed E-state index contributed by atoms with van der Waals surface area (Å²) in [6, 6.07) is 7.55. The SMILES string of the molecule is CCC(NC(=O)C(C)CN)c1cccc(Cl)c1. The summed E-state index contributed by atoms with van der Waals surface area (Å²) in [5, 5.41) is 3.67. The number of carbonyl (C=O) groups is 1. The lowest BCUT2D eigenvalue weighted by Gasteiger charge is -2.19. The molecule has 3 nitrogen and oxygen atoms in total. The summed E-state index contributed by atoms with van der Waals surface area (Å²) in [7, 11) is 0. The van der Waals surface area contributed by atoms with Gasteiger partial charge in [-0.15, -0.1) is 0 Å². The minimum Gasteiger partial charge on any atom is -0.349 e. The Hall–Kier alpha value is -1.06. The molecule has 1 aromatic carbocycles. The van der Waals surface area contributed by atoms with Crippen LogP contribution in [-0.2, 0) is 4.79 Å². The van der Waals surface area contributed by atoms with E-state index in [4.69, 9.17) is 17.3 Å². The molecule has 17 heavy (non-hydrogen) atoms. The molecule has 0 saturated heterocycles. The fourth-order valence-electron chi connectivity index (χ4n) is 1.57. The molecular formula is C13H19ClN2O. The Morgan fingerprint density at radius 2 is 2.24 bits per heavy atom. The topological polar surface area (TPSA) is 55.1 Å². The van der Waals surface area contributed by atoms with E-state index in [0.29, 0.717) is 11.6 Å². The smallest absolute Gasteiger partial charge is 0.224 e. The molecule has 1 amide bonds. The van der Waals surface area contributed by atoms with E-state index in [0.717, 1.165) is 12.0 Å².